The van der Waals surface area contributed by atoms with Crippen LogP contribution in [0.3, 0.4) is 0 Å². The zero-order chi connectivity index (χ0) is 20.1. The van der Waals surface area contributed by atoms with Gasteiger partial charge in [0, 0.05) is 25.3 Å². The molecule has 1 aliphatic heterocycles. The average Bonchev–Trinajstić information content (AvgIpc) is 3.23. The van der Waals surface area contributed by atoms with E-state index in [1.165, 1.54) is 39.4 Å². The van der Waals surface area contributed by atoms with Gasteiger partial charge in [-0.15, -0.1) is 11.3 Å². The molecule has 0 aliphatic carbocycles. The summed E-state index contributed by atoms with van der Waals surface area (Å²) in [5.74, 6) is 0.574. The lowest BCUT2D eigenvalue weighted by atomic mass is 10.0. The van der Waals surface area contributed by atoms with Gasteiger partial charge in [0.05, 0.1) is 4.88 Å². The fraction of sp³-hybridized carbons (Fsp3) is 0.400. The number of hydrogen-bond donors (Lipinski definition) is 1. The van der Waals surface area contributed by atoms with Crippen LogP contribution < -0.4 is 5.32 Å². The molecule has 2 heterocycles. The quantitative estimate of drug-likeness (QED) is 0.547. The van der Waals surface area contributed by atoms with Crippen molar-refractivity contribution < 1.29 is 0 Å². The van der Waals surface area contributed by atoms with Crippen LogP contribution >= 0.6 is 11.3 Å². The summed E-state index contributed by atoms with van der Waals surface area (Å²) < 4.78 is 0. The van der Waals surface area contributed by atoms with Crippen molar-refractivity contribution in [2.24, 2.45) is 0 Å². The summed E-state index contributed by atoms with van der Waals surface area (Å²) in [5, 5.41) is 4.91. The number of nitrogens with zero attached hydrogens (tertiary/aromatic N) is 2. The van der Waals surface area contributed by atoms with Crippen LogP contribution in [0, 0.1) is 0 Å². The smallest absolute Gasteiger partial charge is 0.107 e. The molecule has 1 aromatic heterocycles. The summed E-state index contributed by atoms with van der Waals surface area (Å²) in [5.41, 5.74) is 4.07. The topological polar surface area (TPSA) is 28.2 Å². The first-order valence-corrected chi connectivity index (χ1v) is 11.5. The Hall–Kier alpha value is -2.01. The fourth-order valence-electron chi connectivity index (χ4n) is 3.93. The molecule has 0 radical (unpaired) electrons. The Kier molecular flexibility index (Phi) is 6.75. The monoisotopic (exact) mass is 405 g/mol. The van der Waals surface area contributed by atoms with E-state index in [4.69, 9.17) is 0 Å². The molecule has 29 heavy (non-hydrogen) atoms. The lowest BCUT2D eigenvalue weighted by Crippen LogP contribution is -2.41. The minimum Gasteiger partial charge on any atom is -0.308 e. The van der Waals surface area contributed by atoms with Crippen LogP contribution in [0.4, 0.5) is 0 Å². The molecule has 1 N–H and O–H groups in total. The first-order chi connectivity index (χ1) is 14.2. The predicted molar refractivity (Wildman–Crippen MR) is 123 cm³/mol. The summed E-state index contributed by atoms with van der Waals surface area (Å²) in [6.07, 6.45) is 4.44. The van der Waals surface area contributed by atoms with Crippen LogP contribution in [0.15, 0.2) is 60.8 Å². The number of thiazole rings is 1. The maximum atomic E-state index is 4.65. The van der Waals surface area contributed by atoms with Crippen molar-refractivity contribution in [3.05, 3.63) is 76.9 Å². The Morgan fingerprint density at radius 2 is 1.76 bits per heavy atom. The molecular weight excluding hydrogens is 374 g/mol. The van der Waals surface area contributed by atoms with Crippen molar-refractivity contribution in [3.8, 4) is 10.4 Å². The van der Waals surface area contributed by atoms with Crippen LogP contribution in [0.2, 0.25) is 0 Å². The Bertz CT molecular complexity index is 878. The highest BCUT2D eigenvalue weighted by atomic mass is 32.1. The minimum absolute atomic E-state index is 0.574. The van der Waals surface area contributed by atoms with Crippen molar-refractivity contribution >= 4 is 11.3 Å². The van der Waals surface area contributed by atoms with Gasteiger partial charge in [-0.1, -0.05) is 68.4 Å². The standard InChI is InChI=1S/C25H31N3S/c1-19(2)21-8-10-22(11-9-21)24-16-27-25(29-24)17-26-23-12-14-28(15-13-23)18-20-6-4-3-5-7-20/h3-11,16,19,23,26H,12-15,17-18H2,1-2H3. The Morgan fingerprint density at radius 3 is 2.45 bits per heavy atom. The SMILES string of the molecule is CC(C)c1ccc(-c2cnc(CNC3CCN(Cc4ccccc4)CC3)s2)cc1. The third kappa shape index (κ3) is 5.53. The molecule has 0 amide bonds. The summed E-state index contributed by atoms with van der Waals surface area (Å²) in [6, 6.07) is 20.3. The highest BCUT2D eigenvalue weighted by Crippen LogP contribution is 2.28. The molecule has 4 heteroatoms. The van der Waals surface area contributed by atoms with Crippen molar-refractivity contribution in [2.75, 3.05) is 13.1 Å². The van der Waals surface area contributed by atoms with Crippen LogP contribution in [-0.4, -0.2) is 29.0 Å². The highest BCUT2D eigenvalue weighted by molar-refractivity contribution is 7.15. The first-order valence-electron chi connectivity index (χ1n) is 10.7. The van der Waals surface area contributed by atoms with Gasteiger partial charge in [-0.2, -0.15) is 0 Å². The largest absolute Gasteiger partial charge is 0.308 e. The maximum Gasteiger partial charge on any atom is 0.107 e. The van der Waals surface area contributed by atoms with Gasteiger partial charge in [-0.05, 0) is 48.5 Å². The third-order valence-corrected chi connectivity index (χ3v) is 6.84. The lowest BCUT2D eigenvalue weighted by Gasteiger charge is -2.32. The molecule has 152 valence electrons. The second-order valence-corrected chi connectivity index (χ2v) is 9.43. The zero-order valence-corrected chi connectivity index (χ0v) is 18.3. The second-order valence-electron chi connectivity index (χ2n) is 8.31. The van der Waals surface area contributed by atoms with Crippen molar-refractivity contribution in [2.45, 2.75) is 51.7 Å². The molecule has 3 nitrogen and oxygen atoms in total. The molecule has 1 fully saturated rings. The molecule has 3 aromatic rings. The van der Waals surface area contributed by atoms with E-state index in [1.807, 2.05) is 17.5 Å². The van der Waals surface area contributed by atoms with E-state index in [0.717, 1.165) is 26.2 Å². The minimum atomic E-state index is 0.574. The highest BCUT2D eigenvalue weighted by Gasteiger charge is 2.19. The van der Waals surface area contributed by atoms with Crippen molar-refractivity contribution in [3.63, 3.8) is 0 Å². The van der Waals surface area contributed by atoms with Gasteiger partial charge >= 0.3 is 0 Å². The Labute approximate surface area is 178 Å². The molecule has 2 aromatic carbocycles. The van der Waals surface area contributed by atoms with Gasteiger partial charge in [0.15, 0.2) is 0 Å². The second kappa shape index (κ2) is 9.66. The third-order valence-electron chi connectivity index (χ3n) is 5.79. The number of likely N-dealkylation sites (tertiary alicyclic amines) is 1. The molecule has 0 atom stereocenters. The predicted octanol–water partition coefficient (Wildman–Crippen LogP) is 5.69. The molecular formula is C25H31N3S. The van der Waals surface area contributed by atoms with Gasteiger partial charge in [0.2, 0.25) is 0 Å². The van der Waals surface area contributed by atoms with Crippen LogP contribution in [0.1, 0.15) is 48.7 Å². The van der Waals surface area contributed by atoms with Gasteiger partial charge in [0.1, 0.15) is 5.01 Å². The van der Waals surface area contributed by atoms with Gasteiger partial charge < -0.3 is 5.32 Å². The Morgan fingerprint density at radius 1 is 1.03 bits per heavy atom. The van der Waals surface area contributed by atoms with Crippen LogP contribution in [0.25, 0.3) is 10.4 Å². The number of nitrogens with one attached hydrogen (secondary N) is 1. The molecule has 0 bridgehead atoms. The van der Waals surface area contributed by atoms with Gasteiger partial charge in [-0.3, -0.25) is 4.90 Å². The fourth-order valence-corrected chi connectivity index (χ4v) is 4.80. The summed E-state index contributed by atoms with van der Waals surface area (Å²) >= 11 is 1.81. The molecule has 1 saturated heterocycles. The van der Waals surface area contributed by atoms with Crippen molar-refractivity contribution in [1.82, 2.24) is 15.2 Å². The number of piperidine rings is 1. The number of aromatic nitrogens is 1. The molecule has 1 aliphatic rings. The number of benzene rings is 2. The molecule has 0 unspecified atom stereocenters. The van der Waals surface area contributed by atoms with E-state index >= 15 is 0 Å². The van der Waals surface area contributed by atoms with Crippen molar-refractivity contribution in [1.29, 1.82) is 0 Å². The summed E-state index contributed by atoms with van der Waals surface area (Å²) in [7, 11) is 0. The van der Waals surface area contributed by atoms with E-state index in [-0.39, 0.29) is 0 Å². The zero-order valence-electron chi connectivity index (χ0n) is 17.5. The van der Waals surface area contributed by atoms with E-state index < -0.39 is 0 Å². The van der Waals surface area contributed by atoms with Gasteiger partial charge in [-0.25, -0.2) is 4.98 Å². The van der Waals surface area contributed by atoms with Crippen LogP contribution in [-0.2, 0) is 13.1 Å². The van der Waals surface area contributed by atoms with Gasteiger partial charge in [0.25, 0.3) is 0 Å². The van der Waals surface area contributed by atoms with E-state index in [1.54, 1.807) is 0 Å². The Balaban J connectivity index is 1.24. The normalized spacial score (nSPS) is 15.8. The van der Waals surface area contributed by atoms with E-state index in [9.17, 15) is 0 Å². The van der Waals surface area contributed by atoms with E-state index in [2.05, 4.69) is 83.6 Å². The molecule has 0 spiro atoms. The van der Waals surface area contributed by atoms with Crippen LogP contribution in [0.5, 0.6) is 0 Å². The number of rotatable bonds is 7. The van der Waals surface area contributed by atoms with E-state index in [0.29, 0.717) is 12.0 Å². The summed E-state index contributed by atoms with van der Waals surface area (Å²) in [6.45, 7) is 8.74. The first kappa shape index (κ1) is 20.3. The maximum absolute atomic E-state index is 4.65. The molecule has 0 saturated carbocycles. The summed E-state index contributed by atoms with van der Waals surface area (Å²) in [4.78, 5) is 8.48. The lowest BCUT2D eigenvalue weighted by molar-refractivity contribution is 0.190. The molecule has 4 rings (SSSR count). The average molecular weight is 406 g/mol. The number of hydrogen-bond acceptors (Lipinski definition) is 4.